The number of nitrogens with one attached hydrogen (secondary N) is 1. The number of aromatic nitrogens is 1. The highest BCUT2D eigenvalue weighted by Crippen LogP contribution is 2.28. The topological polar surface area (TPSA) is 68.2 Å². The molecule has 0 unspecified atom stereocenters. The molecule has 0 saturated heterocycles. The molecule has 6 heteroatoms. The zero-order chi connectivity index (χ0) is 19.1. The van der Waals surface area contributed by atoms with Crippen molar-refractivity contribution in [3.05, 3.63) is 65.9 Å². The van der Waals surface area contributed by atoms with Crippen LogP contribution in [0.25, 0.3) is 10.9 Å². The summed E-state index contributed by atoms with van der Waals surface area (Å²) in [6.45, 7) is 7.46. The van der Waals surface area contributed by atoms with Crippen LogP contribution in [0.5, 0.6) is 0 Å². The van der Waals surface area contributed by atoms with E-state index in [0.717, 1.165) is 14.9 Å². The van der Waals surface area contributed by atoms with Crippen molar-refractivity contribution in [2.75, 3.05) is 0 Å². The van der Waals surface area contributed by atoms with E-state index in [1.54, 1.807) is 36.4 Å². The summed E-state index contributed by atoms with van der Waals surface area (Å²) in [6.07, 6.45) is 0. The van der Waals surface area contributed by atoms with Crippen molar-refractivity contribution in [2.24, 2.45) is 0 Å². The summed E-state index contributed by atoms with van der Waals surface area (Å²) in [5.74, 6) is -0.424. The number of carbonyl (C=O) groups is 1. The van der Waals surface area contributed by atoms with E-state index < -0.39 is 21.5 Å². The molecule has 136 valence electrons. The third-order valence-electron chi connectivity index (χ3n) is 4.02. The third-order valence-corrected chi connectivity index (χ3v) is 5.76. The third kappa shape index (κ3) is 3.24. The van der Waals surface area contributed by atoms with Gasteiger partial charge in [-0.25, -0.2) is 12.4 Å². The Bertz CT molecular complexity index is 1080. The first-order chi connectivity index (χ1) is 12.1. The van der Waals surface area contributed by atoms with Gasteiger partial charge in [0, 0.05) is 10.9 Å². The first kappa shape index (κ1) is 18.2. The maximum atomic E-state index is 13.3. The van der Waals surface area contributed by atoms with Gasteiger partial charge in [-0.2, -0.15) is 0 Å². The average molecular weight is 370 g/mol. The van der Waals surface area contributed by atoms with Crippen LogP contribution in [-0.4, -0.2) is 23.8 Å². The lowest BCUT2D eigenvalue weighted by atomic mass is 10.1. The minimum absolute atomic E-state index is 0.105. The van der Waals surface area contributed by atoms with Gasteiger partial charge in [-0.3, -0.25) is 4.79 Å². The standard InChI is InChI=1S/C20H22N2O3S/c1-14-9-8-12-17-16(14)13-18(19(23)21-20(2,3)4)22(17)26(24,25)15-10-6-5-7-11-15/h5-13H,1-4H3,(H,21,23). The van der Waals surface area contributed by atoms with Crippen LogP contribution < -0.4 is 5.32 Å². The molecule has 5 nitrogen and oxygen atoms in total. The number of aryl methyl sites for hydroxylation is 1. The van der Waals surface area contributed by atoms with Gasteiger partial charge in [-0.1, -0.05) is 30.3 Å². The average Bonchev–Trinajstić information content (AvgIpc) is 2.96. The van der Waals surface area contributed by atoms with E-state index in [9.17, 15) is 13.2 Å². The number of nitrogens with zero attached hydrogens (tertiary/aromatic N) is 1. The van der Waals surface area contributed by atoms with E-state index in [-0.39, 0.29) is 10.6 Å². The van der Waals surface area contributed by atoms with Gasteiger partial charge in [0.2, 0.25) is 0 Å². The van der Waals surface area contributed by atoms with E-state index >= 15 is 0 Å². The molecule has 26 heavy (non-hydrogen) atoms. The van der Waals surface area contributed by atoms with Crippen molar-refractivity contribution in [2.45, 2.75) is 38.1 Å². The second-order valence-corrected chi connectivity index (χ2v) is 9.11. The normalized spacial score (nSPS) is 12.3. The summed E-state index contributed by atoms with van der Waals surface area (Å²) < 4.78 is 27.7. The van der Waals surface area contributed by atoms with Crippen LogP contribution >= 0.6 is 0 Å². The summed E-state index contributed by atoms with van der Waals surface area (Å²) in [7, 11) is -3.91. The molecule has 0 aliphatic carbocycles. The molecule has 0 bridgehead atoms. The fourth-order valence-corrected chi connectivity index (χ4v) is 4.40. The minimum atomic E-state index is -3.91. The summed E-state index contributed by atoms with van der Waals surface area (Å²) in [6, 6.07) is 15.2. The second kappa shape index (κ2) is 6.29. The van der Waals surface area contributed by atoms with Crippen molar-refractivity contribution < 1.29 is 13.2 Å². The van der Waals surface area contributed by atoms with Crippen molar-refractivity contribution in [3.63, 3.8) is 0 Å². The quantitative estimate of drug-likeness (QED) is 0.764. The number of hydrogen-bond acceptors (Lipinski definition) is 3. The van der Waals surface area contributed by atoms with Crippen molar-refractivity contribution in [3.8, 4) is 0 Å². The molecule has 0 saturated carbocycles. The van der Waals surface area contributed by atoms with Gasteiger partial charge in [0.1, 0.15) is 5.69 Å². The SMILES string of the molecule is Cc1cccc2c1cc(C(=O)NC(C)(C)C)n2S(=O)(=O)c1ccccc1. The maximum absolute atomic E-state index is 13.3. The molecule has 2 aromatic carbocycles. The highest BCUT2D eigenvalue weighted by molar-refractivity contribution is 7.90. The Hall–Kier alpha value is -2.60. The fraction of sp³-hybridized carbons (Fsp3) is 0.250. The molecule has 0 aliphatic heterocycles. The van der Waals surface area contributed by atoms with Crippen LogP contribution in [0.4, 0.5) is 0 Å². The Kier molecular flexibility index (Phi) is 4.40. The number of fused-ring (bicyclic) bond motifs is 1. The Balaban J connectivity index is 2.31. The van der Waals surface area contributed by atoms with Crippen LogP contribution in [-0.2, 0) is 10.0 Å². The molecule has 3 rings (SSSR count). The molecule has 0 atom stereocenters. The number of amides is 1. The van der Waals surface area contributed by atoms with Crippen LogP contribution in [0.3, 0.4) is 0 Å². The zero-order valence-electron chi connectivity index (χ0n) is 15.3. The first-order valence-electron chi connectivity index (χ1n) is 8.35. The molecule has 1 heterocycles. The lowest BCUT2D eigenvalue weighted by molar-refractivity contribution is 0.0913. The molecule has 1 N–H and O–H groups in total. The Labute approximate surface area is 153 Å². The summed E-state index contributed by atoms with van der Waals surface area (Å²) in [5.41, 5.74) is 1.03. The van der Waals surface area contributed by atoms with Crippen molar-refractivity contribution in [1.29, 1.82) is 0 Å². The molecule has 0 aliphatic rings. The molecule has 0 radical (unpaired) electrons. The summed E-state index contributed by atoms with van der Waals surface area (Å²) >= 11 is 0. The number of benzene rings is 2. The molecular formula is C20H22N2O3S. The van der Waals surface area contributed by atoms with Gasteiger partial charge in [0.15, 0.2) is 0 Å². The van der Waals surface area contributed by atoms with E-state index in [2.05, 4.69) is 5.32 Å². The molecule has 0 spiro atoms. The van der Waals surface area contributed by atoms with Gasteiger partial charge >= 0.3 is 0 Å². The van der Waals surface area contributed by atoms with Gasteiger partial charge in [0.05, 0.1) is 10.4 Å². The largest absolute Gasteiger partial charge is 0.346 e. The summed E-state index contributed by atoms with van der Waals surface area (Å²) in [4.78, 5) is 13.0. The van der Waals surface area contributed by atoms with E-state index in [1.807, 2.05) is 33.8 Å². The Morgan fingerprint density at radius 1 is 1.00 bits per heavy atom. The number of rotatable bonds is 3. The van der Waals surface area contributed by atoms with Crippen LogP contribution in [0.1, 0.15) is 36.8 Å². The van der Waals surface area contributed by atoms with Crippen molar-refractivity contribution >= 4 is 26.8 Å². The molecule has 1 aromatic heterocycles. The van der Waals surface area contributed by atoms with E-state index in [4.69, 9.17) is 0 Å². The lowest BCUT2D eigenvalue weighted by Crippen LogP contribution is -2.41. The molecule has 1 amide bonds. The van der Waals surface area contributed by atoms with E-state index in [1.165, 1.54) is 12.1 Å². The van der Waals surface area contributed by atoms with Gasteiger partial charge in [0.25, 0.3) is 15.9 Å². The Morgan fingerprint density at radius 2 is 1.65 bits per heavy atom. The molecular weight excluding hydrogens is 348 g/mol. The fourth-order valence-electron chi connectivity index (χ4n) is 2.87. The molecule has 3 aromatic rings. The second-order valence-electron chi connectivity index (χ2n) is 7.32. The highest BCUT2D eigenvalue weighted by Gasteiger charge is 2.28. The van der Waals surface area contributed by atoms with Crippen LogP contribution in [0.2, 0.25) is 0 Å². The maximum Gasteiger partial charge on any atom is 0.269 e. The van der Waals surface area contributed by atoms with Crippen LogP contribution in [0.15, 0.2) is 59.5 Å². The zero-order valence-corrected chi connectivity index (χ0v) is 16.1. The van der Waals surface area contributed by atoms with Gasteiger partial charge < -0.3 is 5.32 Å². The van der Waals surface area contributed by atoms with Gasteiger partial charge in [-0.15, -0.1) is 0 Å². The minimum Gasteiger partial charge on any atom is -0.346 e. The van der Waals surface area contributed by atoms with E-state index in [0.29, 0.717) is 5.52 Å². The Morgan fingerprint density at radius 3 is 2.27 bits per heavy atom. The smallest absolute Gasteiger partial charge is 0.269 e. The van der Waals surface area contributed by atoms with Crippen molar-refractivity contribution in [1.82, 2.24) is 9.29 Å². The summed E-state index contributed by atoms with van der Waals surface area (Å²) in [5, 5.41) is 3.60. The lowest BCUT2D eigenvalue weighted by Gasteiger charge is -2.21. The predicted molar refractivity (Wildman–Crippen MR) is 103 cm³/mol. The number of carbonyl (C=O) groups excluding carboxylic acids is 1. The first-order valence-corrected chi connectivity index (χ1v) is 9.79. The van der Waals surface area contributed by atoms with Gasteiger partial charge in [-0.05, 0) is 57.5 Å². The monoisotopic (exact) mass is 370 g/mol. The molecule has 0 fully saturated rings. The number of hydrogen-bond donors (Lipinski definition) is 1. The highest BCUT2D eigenvalue weighted by atomic mass is 32.2. The predicted octanol–water partition coefficient (Wildman–Crippen LogP) is 3.72. The van der Waals surface area contributed by atoms with Crippen LogP contribution in [0, 0.1) is 6.92 Å².